The second-order valence-corrected chi connectivity index (χ2v) is 5.89. The van der Waals surface area contributed by atoms with E-state index in [1.807, 2.05) is 0 Å². The monoisotopic (exact) mass is 326 g/mol. The minimum absolute atomic E-state index is 0.0509. The lowest BCUT2D eigenvalue weighted by Crippen LogP contribution is -2.07. The van der Waals surface area contributed by atoms with Crippen LogP contribution in [0.2, 0.25) is 0 Å². The van der Waals surface area contributed by atoms with Crippen LogP contribution in [0.25, 0.3) is 0 Å². The Balaban J connectivity index is 2.31. The molecule has 0 N–H and O–H groups in total. The number of rotatable bonds is 6. The molecule has 0 amide bonds. The highest BCUT2D eigenvalue weighted by atomic mass is 79.9. The summed E-state index contributed by atoms with van der Waals surface area (Å²) in [5.41, 5.74) is 0. The zero-order valence-corrected chi connectivity index (χ0v) is 11.6. The molecule has 0 spiro atoms. The van der Waals surface area contributed by atoms with E-state index in [-0.39, 0.29) is 13.2 Å². The van der Waals surface area contributed by atoms with E-state index in [2.05, 4.69) is 20.1 Å². The van der Waals surface area contributed by atoms with E-state index >= 15 is 0 Å². The van der Waals surface area contributed by atoms with Crippen LogP contribution in [0, 0.1) is 5.82 Å². The summed E-state index contributed by atoms with van der Waals surface area (Å²) in [5, 5.41) is 0. The van der Waals surface area contributed by atoms with Gasteiger partial charge in [-0.25, -0.2) is 4.39 Å². The number of ether oxygens (including phenoxy) is 1. The van der Waals surface area contributed by atoms with Gasteiger partial charge in [-0.3, -0.25) is 4.18 Å². The predicted octanol–water partition coefficient (Wildman–Crippen LogP) is 2.33. The van der Waals surface area contributed by atoms with Crippen molar-refractivity contribution >= 4 is 26.0 Å². The van der Waals surface area contributed by atoms with Crippen molar-refractivity contribution in [2.24, 2.45) is 0 Å². The Morgan fingerprint density at radius 1 is 1.29 bits per heavy atom. The van der Waals surface area contributed by atoms with Gasteiger partial charge < -0.3 is 4.74 Å². The van der Waals surface area contributed by atoms with Crippen LogP contribution in [0.15, 0.2) is 22.7 Å². The molecule has 7 heteroatoms. The average Bonchev–Trinajstić information content (AvgIpc) is 2.13. The van der Waals surface area contributed by atoms with E-state index < -0.39 is 15.9 Å². The lowest BCUT2D eigenvalue weighted by molar-refractivity contribution is 0.251. The van der Waals surface area contributed by atoms with Crippen LogP contribution in [0.3, 0.4) is 0 Å². The topological polar surface area (TPSA) is 52.6 Å². The average molecular weight is 327 g/mol. The van der Waals surface area contributed by atoms with Gasteiger partial charge in [0, 0.05) is 17.0 Å². The third-order valence-corrected chi connectivity index (χ3v) is 2.74. The second-order valence-electron chi connectivity index (χ2n) is 3.33. The van der Waals surface area contributed by atoms with Gasteiger partial charge >= 0.3 is 0 Å². The molecule has 1 rings (SSSR count). The Morgan fingerprint density at radius 2 is 2.00 bits per heavy atom. The largest absolute Gasteiger partial charge is 0.493 e. The number of hydrogen-bond donors (Lipinski definition) is 0. The maximum absolute atomic E-state index is 12.9. The lowest BCUT2D eigenvalue weighted by atomic mass is 10.3. The summed E-state index contributed by atoms with van der Waals surface area (Å²) in [5.74, 6) is -0.0157. The molecule has 0 fully saturated rings. The fourth-order valence-corrected chi connectivity index (χ4v) is 1.94. The fourth-order valence-electron chi connectivity index (χ4n) is 1.07. The molecular formula is C10H12BrFO4S. The third kappa shape index (κ3) is 6.60. The van der Waals surface area contributed by atoms with E-state index in [1.165, 1.54) is 12.1 Å². The van der Waals surface area contributed by atoms with E-state index in [0.717, 1.165) is 6.26 Å². The van der Waals surface area contributed by atoms with Crippen LogP contribution in [0.1, 0.15) is 6.42 Å². The molecule has 0 aliphatic carbocycles. The first-order valence-electron chi connectivity index (χ1n) is 4.80. The first-order chi connectivity index (χ1) is 7.87. The molecule has 17 heavy (non-hydrogen) atoms. The Kier molecular flexibility index (Phi) is 5.35. The highest BCUT2D eigenvalue weighted by Gasteiger charge is 2.02. The zero-order chi connectivity index (χ0) is 12.9. The van der Waals surface area contributed by atoms with Crippen molar-refractivity contribution in [3.8, 4) is 5.75 Å². The van der Waals surface area contributed by atoms with Gasteiger partial charge in [0.25, 0.3) is 10.1 Å². The van der Waals surface area contributed by atoms with Gasteiger partial charge in [0.1, 0.15) is 11.6 Å². The minimum atomic E-state index is -3.41. The van der Waals surface area contributed by atoms with E-state index in [0.29, 0.717) is 16.6 Å². The number of halogens is 2. The van der Waals surface area contributed by atoms with Crippen LogP contribution >= 0.6 is 15.9 Å². The molecule has 0 bridgehead atoms. The molecule has 0 atom stereocenters. The fraction of sp³-hybridized carbons (Fsp3) is 0.400. The van der Waals surface area contributed by atoms with E-state index in [1.54, 1.807) is 6.07 Å². The molecule has 0 saturated heterocycles. The molecule has 0 radical (unpaired) electrons. The first-order valence-corrected chi connectivity index (χ1v) is 7.41. The molecule has 0 aliphatic rings. The molecule has 1 aromatic rings. The SMILES string of the molecule is CS(=O)(=O)OCCCOc1cc(F)cc(Br)c1. The summed E-state index contributed by atoms with van der Waals surface area (Å²) < 4.78 is 44.6. The van der Waals surface area contributed by atoms with Gasteiger partial charge in [-0.15, -0.1) is 0 Å². The normalized spacial score (nSPS) is 11.5. The maximum Gasteiger partial charge on any atom is 0.264 e. The lowest BCUT2D eigenvalue weighted by Gasteiger charge is -2.06. The molecule has 4 nitrogen and oxygen atoms in total. The van der Waals surface area contributed by atoms with Crippen LogP contribution in [-0.4, -0.2) is 27.9 Å². The first kappa shape index (κ1) is 14.4. The van der Waals surface area contributed by atoms with Gasteiger partial charge in [-0.2, -0.15) is 8.42 Å². The summed E-state index contributed by atoms with van der Waals surface area (Å²) in [6.07, 6.45) is 1.39. The van der Waals surface area contributed by atoms with Crippen molar-refractivity contribution in [3.63, 3.8) is 0 Å². The van der Waals surface area contributed by atoms with E-state index in [4.69, 9.17) is 4.74 Å². The quantitative estimate of drug-likeness (QED) is 0.594. The van der Waals surface area contributed by atoms with Crippen molar-refractivity contribution in [1.82, 2.24) is 0 Å². The smallest absolute Gasteiger partial charge is 0.264 e. The Bertz CT molecular complexity index is 455. The Labute approximate surface area is 108 Å². The minimum Gasteiger partial charge on any atom is -0.493 e. The predicted molar refractivity (Wildman–Crippen MR) is 65.0 cm³/mol. The molecule has 0 saturated carbocycles. The Morgan fingerprint density at radius 3 is 2.59 bits per heavy atom. The molecule has 1 aromatic carbocycles. The standard InChI is InChI=1S/C10H12BrFO4S/c1-17(13,14)16-4-2-3-15-10-6-8(11)5-9(12)7-10/h5-7H,2-4H2,1H3. The maximum atomic E-state index is 12.9. The summed E-state index contributed by atoms with van der Waals surface area (Å²) in [6.45, 7) is 0.306. The second kappa shape index (κ2) is 6.32. The zero-order valence-electron chi connectivity index (χ0n) is 9.15. The van der Waals surface area contributed by atoms with Gasteiger partial charge in [-0.1, -0.05) is 15.9 Å². The van der Waals surface area contributed by atoms with Crippen LogP contribution in [-0.2, 0) is 14.3 Å². The molecule has 0 heterocycles. The molecular weight excluding hydrogens is 315 g/mol. The van der Waals surface area contributed by atoms with Crippen molar-refractivity contribution in [3.05, 3.63) is 28.5 Å². The highest BCUT2D eigenvalue weighted by molar-refractivity contribution is 9.10. The van der Waals surface area contributed by atoms with Gasteiger partial charge in [-0.05, 0) is 12.1 Å². The Hall–Kier alpha value is -0.660. The van der Waals surface area contributed by atoms with Crippen LogP contribution in [0.4, 0.5) is 4.39 Å². The van der Waals surface area contributed by atoms with Crippen molar-refractivity contribution in [2.45, 2.75) is 6.42 Å². The summed E-state index contributed by atoms with van der Waals surface area (Å²) in [6, 6.07) is 4.20. The van der Waals surface area contributed by atoms with E-state index in [9.17, 15) is 12.8 Å². The van der Waals surface area contributed by atoms with Crippen molar-refractivity contribution < 1.29 is 21.7 Å². The highest BCUT2D eigenvalue weighted by Crippen LogP contribution is 2.20. The summed E-state index contributed by atoms with van der Waals surface area (Å²) >= 11 is 3.14. The van der Waals surface area contributed by atoms with Crippen LogP contribution in [0.5, 0.6) is 5.75 Å². The van der Waals surface area contributed by atoms with Crippen molar-refractivity contribution in [1.29, 1.82) is 0 Å². The van der Waals surface area contributed by atoms with Crippen molar-refractivity contribution in [2.75, 3.05) is 19.5 Å². The summed E-state index contributed by atoms with van der Waals surface area (Å²) in [4.78, 5) is 0. The third-order valence-electron chi connectivity index (χ3n) is 1.69. The summed E-state index contributed by atoms with van der Waals surface area (Å²) in [7, 11) is -3.41. The number of hydrogen-bond acceptors (Lipinski definition) is 4. The van der Waals surface area contributed by atoms with Gasteiger partial charge in [0.2, 0.25) is 0 Å². The van der Waals surface area contributed by atoms with Gasteiger partial charge in [0.05, 0.1) is 19.5 Å². The van der Waals surface area contributed by atoms with Crippen LogP contribution < -0.4 is 4.74 Å². The molecule has 96 valence electrons. The number of benzene rings is 1. The molecule has 0 unspecified atom stereocenters. The van der Waals surface area contributed by atoms with Gasteiger partial charge in [0.15, 0.2) is 0 Å². The molecule has 0 aromatic heterocycles. The molecule has 0 aliphatic heterocycles.